The first-order chi connectivity index (χ1) is 22.2. The van der Waals surface area contributed by atoms with Gasteiger partial charge in [0, 0.05) is 25.1 Å². The van der Waals surface area contributed by atoms with Crippen molar-refractivity contribution in [1.82, 2.24) is 15.5 Å². The number of hydrogen-bond donors (Lipinski definition) is 3. The lowest BCUT2D eigenvalue weighted by atomic mass is 9.83. The molecule has 3 N–H and O–H groups in total. The highest BCUT2D eigenvalue weighted by molar-refractivity contribution is 5.86. The summed E-state index contributed by atoms with van der Waals surface area (Å²) in [4.78, 5) is 42.4. The number of carbonyl (C=O) groups excluding carboxylic acids is 2. The zero-order valence-corrected chi connectivity index (χ0v) is 28.2. The molecule has 2 amide bonds. The summed E-state index contributed by atoms with van der Waals surface area (Å²) < 4.78 is 17.2. The second-order valence-electron chi connectivity index (χ2n) is 13.2. The average Bonchev–Trinajstić information content (AvgIpc) is 3.29. The summed E-state index contributed by atoms with van der Waals surface area (Å²) in [5.74, 6) is 1.58. The Morgan fingerprint density at radius 2 is 1.72 bits per heavy atom. The molecule has 4 atom stereocenters. The van der Waals surface area contributed by atoms with E-state index in [1.54, 1.807) is 33.5 Å². The number of aryl methyl sites for hydroxylation is 1. The van der Waals surface area contributed by atoms with Crippen LogP contribution in [0, 0.1) is 11.8 Å². The summed E-state index contributed by atoms with van der Waals surface area (Å²) >= 11 is 0. The van der Waals surface area contributed by atoms with Crippen molar-refractivity contribution < 1.29 is 23.8 Å². The largest absolute Gasteiger partial charge is 0.493 e. The molecule has 0 spiro atoms. The topological polar surface area (TPSA) is 118 Å². The lowest BCUT2D eigenvalue weighted by Crippen LogP contribution is -2.52. The van der Waals surface area contributed by atoms with Crippen LogP contribution in [0.1, 0.15) is 76.5 Å². The van der Waals surface area contributed by atoms with Gasteiger partial charge in [-0.3, -0.25) is 14.4 Å². The monoisotopic (exact) mass is 634 g/mol. The lowest BCUT2D eigenvalue weighted by molar-refractivity contribution is -0.123. The Hall–Kier alpha value is -3.79. The maximum absolute atomic E-state index is 13.9. The highest BCUT2D eigenvalue weighted by Gasteiger charge is 2.34. The summed E-state index contributed by atoms with van der Waals surface area (Å²) in [5.41, 5.74) is 3.22. The quantitative estimate of drug-likeness (QED) is 0.345. The summed E-state index contributed by atoms with van der Waals surface area (Å²) in [5, 5.41) is 9.58. The average molecular weight is 635 g/mol. The van der Waals surface area contributed by atoms with Gasteiger partial charge in [-0.25, -0.2) is 0 Å². The molecule has 0 saturated carbocycles. The zero-order valence-electron chi connectivity index (χ0n) is 28.2. The van der Waals surface area contributed by atoms with Crippen LogP contribution < -0.4 is 35.6 Å². The lowest BCUT2D eigenvalue weighted by Gasteiger charge is -2.44. The number of piperidine rings is 2. The molecule has 3 aliphatic rings. The Morgan fingerprint density at radius 3 is 2.41 bits per heavy atom. The number of ether oxygens (including phenoxy) is 3. The molecule has 0 radical (unpaired) electrons. The minimum Gasteiger partial charge on any atom is -0.493 e. The van der Waals surface area contributed by atoms with Crippen LogP contribution in [0.15, 0.2) is 29.1 Å². The minimum atomic E-state index is -0.599. The van der Waals surface area contributed by atoms with Crippen LogP contribution in [-0.2, 0) is 16.0 Å². The smallest absolute Gasteiger partial charge is 0.242 e. The molecule has 5 rings (SSSR count). The number of anilines is 1. The van der Waals surface area contributed by atoms with Crippen LogP contribution in [-0.4, -0.2) is 69.8 Å². The Labute approximate surface area is 272 Å². The predicted octanol–water partition coefficient (Wildman–Crippen LogP) is 4.68. The molecule has 2 fully saturated rings. The van der Waals surface area contributed by atoms with E-state index in [0.717, 1.165) is 36.2 Å². The molecule has 2 aromatic carbocycles. The van der Waals surface area contributed by atoms with Crippen LogP contribution in [0.5, 0.6) is 17.2 Å². The normalized spacial score (nSPS) is 21.5. The third-order valence-corrected chi connectivity index (χ3v) is 9.94. The second kappa shape index (κ2) is 14.8. The predicted molar refractivity (Wildman–Crippen MR) is 180 cm³/mol. The van der Waals surface area contributed by atoms with Gasteiger partial charge in [-0.2, -0.15) is 0 Å². The maximum atomic E-state index is 13.9. The van der Waals surface area contributed by atoms with Gasteiger partial charge >= 0.3 is 0 Å². The van der Waals surface area contributed by atoms with Gasteiger partial charge < -0.3 is 35.1 Å². The fourth-order valence-corrected chi connectivity index (χ4v) is 7.69. The molecule has 0 unspecified atom stereocenters. The SMILES string of the molecule is COc1cc2c(c(OC)c1OC)-c1ccc(N[C@@H](C(=O)NC[C@H]3CCCN4CCCC[C@@H]34)C(C)C)c(=O)cc1[C@H](NC(C)=O)CC2. The molecule has 2 heterocycles. The fourth-order valence-electron chi connectivity index (χ4n) is 7.69. The Morgan fingerprint density at radius 1 is 0.957 bits per heavy atom. The number of amides is 2. The van der Waals surface area contributed by atoms with Crippen molar-refractivity contribution >= 4 is 17.5 Å². The van der Waals surface area contributed by atoms with Gasteiger partial charge in [0.2, 0.25) is 23.0 Å². The van der Waals surface area contributed by atoms with E-state index >= 15 is 0 Å². The highest BCUT2D eigenvalue weighted by atomic mass is 16.5. The zero-order chi connectivity index (χ0) is 33.0. The second-order valence-corrected chi connectivity index (χ2v) is 13.2. The molecular weight excluding hydrogens is 584 g/mol. The van der Waals surface area contributed by atoms with Gasteiger partial charge in [0.25, 0.3) is 0 Å². The van der Waals surface area contributed by atoms with Crippen molar-refractivity contribution in [2.24, 2.45) is 11.8 Å². The van der Waals surface area contributed by atoms with E-state index in [0.29, 0.717) is 59.8 Å². The van der Waals surface area contributed by atoms with Gasteiger partial charge in [-0.1, -0.05) is 26.3 Å². The molecule has 46 heavy (non-hydrogen) atoms. The summed E-state index contributed by atoms with van der Waals surface area (Å²) in [6, 6.07) is 6.66. The third-order valence-electron chi connectivity index (χ3n) is 9.94. The Kier molecular flexibility index (Phi) is 10.8. The number of rotatable bonds is 10. The number of benzene rings is 1. The Balaban J connectivity index is 1.49. The molecular formula is C36H50N4O6. The van der Waals surface area contributed by atoms with Crippen LogP contribution in [0.3, 0.4) is 0 Å². The molecule has 1 aliphatic carbocycles. The van der Waals surface area contributed by atoms with Crippen molar-refractivity contribution in [3.05, 3.63) is 45.6 Å². The van der Waals surface area contributed by atoms with Gasteiger partial charge in [-0.05, 0) is 98.3 Å². The number of methoxy groups -OCH3 is 3. The summed E-state index contributed by atoms with van der Waals surface area (Å²) in [6.45, 7) is 8.40. The van der Waals surface area contributed by atoms with Crippen LogP contribution >= 0.6 is 0 Å². The number of carbonyl (C=O) groups is 2. The molecule has 0 aromatic heterocycles. The van der Waals surface area contributed by atoms with Crippen LogP contribution in [0.2, 0.25) is 0 Å². The molecule has 10 heteroatoms. The van der Waals surface area contributed by atoms with Crippen molar-refractivity contribution in [2.75, 3.05) is 46.3 Å². The Bertz CT molecular complexity index is 1490. The molecule has 10 nitrogen and oxygen atoms in total. The van der Waals surface area contributed by atoms with E-state index in [2.05, 4.69) is 20.9 Å². The summed E-state index contributed by atoms with van der Waals surface area (Å²) in [6.07, 6.45) is 7.19. The number of nitrogens with one attached hydrogen (secondary N) is 3. The van der Waals surface area contributed by atoms with Gasteiger partial charge in [-0.15, -0.1) is 0 Å². The first kappa shape index (κ1) is 33.6. The molecule has 2 saturated heterocycles. The van der Waals surface area contributed by atoms with E-state index in [9.17, 15) is 14.4 Å². The first-order valence-corrected chi connectivity index (χ1v) is 16.7. The van der Waals surface area contributed by atoms with E-state index in [1.807, 2.05) is 26.0 Å². The van der Waals surface area contributed by atoms with E-state index in [-0.39, 0.29) is 23.2 Å². The fraction of sp³-hybridized carbons (Fsp3) is 0.583. The van der Waals surface area contributed by atoms with E-state index < -0.39 is 12.1 Å². The number of nitrogens with zero attached hydrogens (tertiary/aromatic N) is 1. The third kappa shape index (κ3) is 6.97. The maximum Gasteiger partial charge on any atom is 0.242 e. The van der Waals surface area contributed by atoms with Gasteiger partial charge in [0.15, 0.2) is 11.5 Å². The molecule has 0 bridgehead atoms. The highest BCUT2D eigenvalue weighted by Crippen LogP contribution is 2.50. The summed E-state index contributed by atoms with van der Waals surface area (Å²) in [7, 11) is 4.72. The number of fused-ring (bicyclic) bond motifs is 4. The van der Waals surface area contributed by atoms with Gasteiger partial charge in [0.1, 0.15) is 6.04 Å². The van der Waals surface area contributed by atoms with Crippen molar-refractivity contribution in [3.8, 4) is 28.4 Å². The van der Waals surface area contributed by atoms with E-state index in [4.69, 9.17) is 14.2 Å². The van der Waals surface area contributed by atoms with Crippen LogP contribution in [0.25, 0.3) is 11.1 Å². The first-order valence-electron chi connectivity index (χ1n) is 16.7. The van der Waals surface area contributed by atoms with Gasteiger partial charge in [0.05, 0.1) is 33.1 Å². The van der Waals surface area contributed by atoms with Crippen molar-refractivity contribution in [3.63, 3.8) is 0 Å². The minimum absolute atomic E-state index is 0.0649. The molecule has 2 aliphatic heterocycles. The van der Waals surface area contributed by atoms with Crippen molar-refractivity contribution in [2.45, 2.75) is 83.8 Å². The van der Waals surface area contributed by atoms with E-state index in [1.165, 1.54) is 32.6 Å². The van der Waals surface area contributed by atoms with Crippen molar-refractivity contribution in [1.29, 1.82) is 0 Å². The van der Waals surface area contributed by atoms with Crippen LogP contribution in [0.4, 0.5) is 5.69 Å². The standard InChI is InChI=1S/C36H50N4O6/c1-21(2)33(36(43)37-20-24-10-9-17-40-16-8-7-11-29(24)40)39-28-15-13-25-26(19-30(28)42)27(38-22(3)41)14-12-23-18-31(44-4)34(45-5)35(46-6)32(23)25/h13,15,18-19,21,24,27,29,33H,7-12,14,16-17,20H2,1-6H3,(H,37,43)(H,38,41)(H,39,42)/t24-,27-,29+,33-/m1/s1. The number of hydrogen-bond acceptors (Lipinski definition) is 8. The molecule has 2 aromatic rings. The molecule has 250 valence electrons.